The maximum Gasteiger partial charge on any atom is 0.573 e. The molecule has 0 aromatic heterocycles. The van der Waals surface area contributed by atoms with Gasteiger partial charge in [0.15, 0.2) is 11.5 Å². The van der Waals surface area contributed by atoms with Gasteiger partial charge in [-0.05, 0) is 42.3 Å². The van der Waals surface area contributed by atoms with Gasteiger partial charge in [-0.15, -0.1) is 24.9 Å². The number of rotatable bonds is 8. The molecular formula is C23H26F3N3O3S. The Hall–Kier alpha value is -2.88. The molecule has 3 rings (SSSR count). The fraction of sp³-hybridized carbons (Fsp3) is 0.391. The number of ether oxygens (including phenoxy) is 2. The lowest BCUT2D eigenvalue weighted by atomic mass is 10.0. The topological polar surface area (TPSA) is 63.2 Å². The Morgan fingerprint density at radius 3 is 2.52 bits per heavy atom. The number of thioether (sulfide) groups is 1. The van der Waals surface area contributed by atoms with Gasteiger partial charge < -0.3 is 14.8 Å². The molecule has 0 bridgehead atoms. The molecule has 0 fully saturated rings. The van der Waals surface area contributed by atoms with Gasteiger partial charge in [-0.3, -0.25) is 9.80 Å². The standard InChI is InChI=1S/C23H26F3N3O3S/c1-4-20-22(16-8-11-18(31-3)19(12-16)32-23(24,25)26)28-29(14-33-20)13-15-6-9-17(10-7-15)27-21(30)5-2/h6-12,20H,4-5,13-14H2,1-3H3,(H,27,30). The molecule has 0 radical (unpaired) electrons. The van der Waals surface area contributed by atoms with Gasteiger partial charge in [0.05, 0.1) is 30.5 Å². The van der Waals surface area contributed by atoms with Crippen molar-refractivity contribution < 1.29 is 27.4 Å². The van der Waals surface area contributed by atoms with E-state index in [1.807, 2.05) is 36.2 Å². The number of hydrogen-bond acceptors (Lipinski definition) is 6. The molecule has 0 saturated heterocycles. The smallest absolute Gasteiger partial charge is 0.493 e. The van der Waals surface area contributed by atoms with Crippen molar-refractivity contribution in [1.29, 1.82) is 0 Å². The van der Waals surface area contributed by atoms with Gasteiger partial charge in [0.1, 0.15) is 0 Å². The molecule has 2 aromatic rings. The van der Waals surface area contributed by atoms with E-state index in [4.69, 9.17) is 9.84 Å². The zero-order chi connectivity index (χ0) is 24.0. The Labute approximate surface area is 195 Å². The monoisotopic (exact) mass is 481 g/mol. The number of hydrazone groups is 1. The highest BCUT2D eigenvalue weighted by Crippen LogP contribution is 2.35. The largest absolute Gasteiger partial charge is 0.573 e. The van der Waals surface area contributed by atoms with E-state index >= 15 is 0 Å². The molecule has 1 heterocycles. The minimum atomic E-state index is -4.83. The van der Waals surface area contributed by atoms with Gasteiger partial charge in [0.25, 0.3) is 0 Å². The third kappa shape index (κ3) is 6.80. The van der Waals surface area contributed by atoms with Gasteiger partial charge in [0.2, 0.25) is 5.91 Å². The second-order valence-corrected chi connectivity index (χ2v) is 8.52. The van der Waals surface area contributed by atoms with Gasteiger partial charge in [-0.2, -0.15) is 5.10 Å². The van der Waals surface area contributed by atoms with E-state index in [-0.39, 0.29) is 16.9 Å². The first-order valence-electron chi connectivity index (χ1n) is 10.5. The summed E-state index contributed by atoms with van der Waals surface area (Å²) < 4.78 is 47.7. The van der Waals surface area contributed by atoms with E-state index in [9.17, 15) is 18.0 Å². The molecule has 1 N–H and O–H groups in total. The van der Waals surface area contributed by atoms with Crippen LogP contribution in [-0.4, -0.2) is 41.2 Å². The molecule has 10 heteroatoms. The number of anilines is 1. The molecule has 33 heavy (non-hydrogen) atoms. The van der Waals surface area contributed by atoms with Crippen molar-refractivity contribution in [3.63, 3.8) is 0 Å². The lowest BCUT2D eigenvalue weighted by molar-refractivity contribution is -0.275. The zero-order valence-corrected chi connectivity index (χ0v) is 19.4. The Balaban J connectivity index is 1.83. The summed E-state index contributed by atoms with van der Waals surface area (Å²) in [6.07, 6.45) is -3.64. The molecule has 6 nitrogen and oxygen atoms in total. The number of carbonyl (C=O) groups is 1. The Kier molecular flexibility index (Phi) is 8.12. The van der Waals surface area contributed by atoms with Crippen LogP contribution in [0.1, 0.15) is 37.8 Å². The fourth-order valence-electron chi connectivity index (χ4n) is 3.33. The van der Waals surface area contributed by atoms with E-state index in [1.165, 1.54) is 19.2 Å². The third-order valence-corrected chi connectivity index (χ3v) is 6.36. The van der Waals surface area contributed by atoms with Crippen LogP contribution in [0.3, 0.4) is 0 Å². The molecule has 1 atom stereocenters. The summed E-state index contributed by atoms with van der Waals surface area (Å²) in [6.45, 7) is 4.33. The van der Waals surface area contributed by atoms with E-state index in [0.29, 0.717) is 30.1 Å². The van der Waals surface area contributed by atoms with Crippen molar-refractivity contribution in [1.82, 2.24) is 5.01 Å². The predicted octanol–water partition coefficient (Wildman–Crippen LogP) is 5.63. The lowest BCUT2D eigenvalue weighted by Gasteiger charge is -2.30. The van der Waals surface area contributed by atoms with Crippen LogP contribution in [0, 0.1) is 0 Å². The van der Waals surface area contributed by atoms with Crippen molar-refractivity contribution in [2.45, 2.75) is 44.8 Å². The number of carbonyl (C=O) groups excluding carboxylic acids is 1. The number of benzene rings is 2. The van der Waals surface area contributed by atoms with Crippen molar-refractivity contribution in [2.75, 3.05) is 18.3 Å². The molecule has 178 valence electrons. The zero-order valence-electron chi connectivity index (χ0n) is 18.6. The average Bonchev–Trinajstić information content (AvgIpc) is 2.79. The summed E-state index contributed by atoms with van der Waals surface area (Å²) in [7, 11) is 1.29. The summed E-state index contributed by atoms with van der Waals surface area (Å²) in [5.41, 5.74) is 2.97. The molecule has 2 aromatic carbocycles. The first kappa shape index (κ1) is 24.8. The Bertz CT molecular complexity index is 997. The van der Waals surface area contributed by atoms with Gasteiger partial charge in [-0.1, -0.05) is 26.0 Å². The number of amides is 1. The van der Waals surface area contributed by atoms with Crippen LogP contribution in [0.4, 0.5) is 18.9 Å². The summed E-state index contributed by atoms with van der Waals surface area (Å²) in [5.74, 6) is 0.203. The normalized spacial score (nSPS) is 16.2. The predicted molar refractivity (Wildman–Crippen MR) is 124 cm³/mol. The van der Waals surface area contributed by atoms with Crippen LogP contribution in [0.25, 0.3) is 0 Å². The van der Waals surface area contributed by atoms with Crippen LogP contribution in [-0.2, 0) is 11.3 Å². The van der Waals surface area contributed by atoms with Gasteiger partial charge in [-0.25, -0.2) is 0 Å². The molecule has 1 amide bonds. The van der Waals surface area contributed by atoms with Crippen molar-refractivity contribution >= 4 is 29.1 Å². The highest BCUT2D eigenvalue weighted by molar-refractivity contribution is 8.00. The van der Waals surface area contributed by atoms with Crippen LogP contribution in [0.5, 0.6) is 11.5 Å². The quantitative estimate of drug-likeness (QED) is 0.529. The molecule has 0 saturated carbocycles. The van der Waals surface area contributed by atoms with E-state index in [1.54, 1.807) is 24.8 Å². The fourth-order valence-corrected chi connectivity index (χ4v) is 4.41. The number of nitrogens with one attached hydrogen (secondary N) is 1. The van der Waals surface area contributed by atoms with Crippen LogP contribution in [0.2, 0.25) is 0 Å². The number of methoxy groups -OCH3 is 1. The van der Waals surface area contributed by atoms with Gasteiger partial charge in [0, 0.05) is 17.7 Å². The van der Waals surface area contributed by atoms with Crippen LogP contribution in [0.15, 0.2) is 47.6 Å². The maximum atomic E-state index is 12.9. The second kappa shape index (κ2) is 10.8. The maximum absolute atomic E-state index is 12.9. The minimum Gasteiger partial charge on any atom is -0.493 e. The van der Waals surface area contributed by atoms with Crippen LogP contribution >= 0.6 is 11.8 Å². The molecule has 1 aliphatic rings. The summed E-state index contributed by atoms with van der Waals surface area (Å²) in [5, 5.41) is 9.48. The molecule has 0 aliphatic carbocycles. The summed E-state index contributed by atoms with van der Waals surface area (Å²) >= 11 is 1.68. The Morgan fingerprint density at radius 2 is 1.91 bits per heavy atom. The SMILES string of the molecule is CCC(=O)Nc1ccc(CN2CSC(CC)C(c3ccc(OC)c(OC(F)(F)F)c3)=N2)cc1. The van der Waals surface area contributed by atoms with E-state index < -0.39 is 12.1 Å². The Morgan fingerprint density at radius 1 is 1.18 bits per heavy atom. The first-order chi connectivity index (χ1) is 15.7. The lowest BCUT2D eigenvalue weighted by Crippen LogP contribution is -2.31. The summed E-state index contributed by atoms with van der Waals surface area (Å²) in [6, 6.07) is 12.0. The number of nitrogens with zero attached hydrogens (tertiary/aromatic N) is 2. The van der Waals surface area contributed by atoms with E-state index in [2.05, 4.69) is 10.1 Å². The average molecular weight is 482 g/mol. The number of halogens is 3. The molecule has 1 unspecified atom stereocenters. The highest BCUT2D eigenvalue weighted by atomic mass is 32.2. The summed E-state index contributed by atoms with van der Waals surface area (Å²) in [4.78, 5) is 11.5. The van der Waals surface area contributed by atoms with Crippen LogP contribution < -0.4 is 14.8 Å². The molecule has 1 aliphatic heterocycles. The van der Waals surface area contributed by atoms with Gasteiger partial charge >= 0.3 is 6.36 Å². The molecular weight excluding hydrogens is 455 g/mol. The highest BCUT2D eigenvalue weighted by Gasteiger charge is 2.33. The van der Waals surface area contributed by atoms with Crippen molar-refractivity contribution in [3.05, 3.63) is 53.6 Å². The second-order valence-electron chi connectivity index (χ2n) is 7.35. The third-order valence-electron chi connectivity index (χ3n) is 4.96. The number of hydrogen-bond donors (Lipinski definition) is 1. The minimum absolute atomic E-state index is 0.000274. The first-order valence-corrected chi connectivity index (χ1v) is 11.5. The van der Waals surface area contributed by atoms with E-state index in [0.717, 1.165) is 17.7 Å². The van der Waals surface area contributed by atoms with Crippen molar-refractivity contribution in [3.8, 4) is 11.5 Å². The number of alkyl halides is 3. The van der Waals surface area contributed by atoms with Crippen molar-refractivity contribution in [2.24, 2.45) is 5.10 Å². The molecule has 0 spiro atoms.